The highest BCUT2D eigenvalue weighted by atomic mass is 35.5. The fourth-order valence-electron chi connectivity index (χ4n) is 2.04. The Bertz CT molecular complexity index is 252. The minimum Gasteiger partial charge on any atom is -0.343 e. The normalized spacial score (nSPS) is 20.5. The zero-order valence-electron chi connectivity index (χ0n) is 9.59. The van der Waals surface area contributed by atoms with E-state index in [1.165, 1.54) is 6.92 Å². The SMILES string of the molecule is C[C@H](N)C(=O)NC(C1CCCC1)C(F)(F)F.Cl. The number of rotatable bonds is 3. The van der Waals surface area contributed by atoms with Crippen LogP contribution in [0.1, 0.15) is 32.6 Å². The molecule has 1 aliphatic rings. The van der Waals surface area contributed by atoms with Gasteiger partial charge in [-0.25, -0.2) is 0 Å². The zero-order valence-corrected chi connectivity index (χ0v) is 10.4. The van der Waals surface area contributed by atoms with Gasteiger partial charge >= 0.3 is 6.18 Å². The predicted octanol–water partition coefficient (Wildman–Crippen LogP) is 1.99. The number of hydrogen-bond donors (Lipinski definition) is 2. The number of amides is 1. The molecule has 0 aliphatic heterocycles. The van der Waals surface area contributed by atoms with Crippen molar-refractivity contribution in [2.75, 3.05) is 0 Å². The molecule has 102 valence electrons. The number of halogens is 4. The maximum absolute atomic E-state index is 12.7. The Hall–Kier alpha value is -0.490. The van der Waals surface area contributed by atoms with E-state index in [9.17, 15) is 18.0 Å². The molecule has 0 radical (unpaired) electrons. The van der Waals surface area contributed by atoms with Crippen LogP contribution >= 0.6 is 12.4 Å². The van der Waals surface area contributed by atoms with Crippen molar-refractivity contribution in [2.24, 2.45) is 11.7 Å². The van der Waals surface area contributed by atoms with E-state index in [0.717, 1.165) is 12.8 Å². The van der Waals surface area contributed by atoms with Crippen molar-refractivity contribution < 1.29 is 18.0 Å². The molecule has 3 nitrogen and oxygen atoms in total. The maximum Gasteiger partial charge on any atom is 0.408 e. The molecule has 0 spiro atoms. The predicted molar refractivity (Wildman–Crippen MR) is 60.8 cm³/mol. The number of nitrogens with two attached hydrogens (primary N) is 1. The molecule has 17 heavy (non-hydrogen) atoms. The standard InChI is InChI=1S/C10H17F3N2O.ClH/c1-6(14)9(16)15-8(10(11,12)13)7-4-2-3-5-7;/h6-8H,2-5,14H2,1H3,(H,15,16);1H/t6-,8?;/m0./s1. The van der Waals surface area contributed by atoms with Crippen molar-refractivity contribution in [2.45, 2.75) is 50.9 Å². The molecule has 0 aromatic carbocycles. The second kappa shape index (κ2) is 6.44. The number of carbonyl (C=O) groups is 1. The van der Waals surface area contributed by atoms with E-state index in [4.69, 9.17) is 5.73 Å². The van der Waals surface area contributed by atoms with E-state index < -0.39 is 30.1 Å². The van der Waals surface area contributed by atoms with Crippen LogP contribution in [0.2, 0.25) is 0 Å². The summed E-state index contributed by atoms with van der Waals surface area (Å²) in [6, 6.07) is -2.65. The number of nitrogens with one attached hydrogen (secondary N) is 1. The third kappa shape index (κ3) is 4.71. The lowest BCUT2D eigenvalue weighted by Crippen LogP contribution is -2.53. The average Bonchev–Trinajstić information content (AvgIpc) is 2.63. The van der Waals surface area contributed by atoms with Crippen LogP contribution < -0.4 is 11.1 Å². The summed E-state index contributed by atoms with van der Waals surface area (Å²) in [5, 5.41) is 2.01. The van der Waals surface area contributed by atoms with E-state index in [0.29, 0.717) is 12.8 Å². The lowest BCUT2D eigenvalue weighted by atomic mass is 9.97. The van der Waals surface area contributed by atoms with Crippen molar-refractivity contribution in [1.29, 1.82) is 0 Å². The second-order valence-corrected chi connectivity index (χ2v) is 4.36. The fraction of sp³-hybridized carbons (Fsp3) is 0.900. The lowest BCUT2D eigenvalue weighted by molar-refractivity contribution is -0.172. The summed E-state index contributed by atoms with van der Waals surface area (Å²) < 4.78 is 38.2. The summed E-state index contributed by atoms with van der Waals surface area (Å²) >= 11 is 0. The van der Waals surface area contributed by atoms with Crippen molar-refractivity contribution in [3.63, 3.8) is 0 Å². The third-order valence-corrected chi connectivity index (χ3v) is 2.94. The van der Waals surface area contributed by atoms with Gasteiger partial charge in [-0.15, -0.1) is 12.4 Å². The molecule has 1 unspecified atom stereocenters. The molecule has 0 bridgehead atoms. The van der Waals surface area contributed by atoms with Gasteiger partial charge in [-0.3, -0.25) is 4.79 Å². The molecular formula is C10H18ClF3N2O. The van der Waals surface area contributed by atoms with E-state index >= 15 is 0 Å². The Morgan fingerprint density at radius 3 is 2.18 bits per heavy atom. The average molecular weight is 275 g/mol. The van der Waals surface area contributed by atoms with Gasteiger partial charge in [0.15, 0.2) is 0 Å². The summed E-state index contributed by atoms with van der Waals surface area (Å²) in [6.07, 6.45) is -1.76. The van der Waals surface area contributed by atoms with Gasteiger partial charge in [0.2, 0.25) is 5.91 Å². The van der Waals surface area contributed by atoms with E-state index in [1.807, 2.05) is 5.32 Å². The number of hydrogen-bond acceptors (Lipinski definition) is 2. The highest BCUT2D eigenvalue weighted by Crippen LogP contribution is 2.35. The van der Waals surface area contributed by atoms with Crippen LogP contribution in [0.25, 0.3) is 0 Å². The summed E-state index contributed by atoms with van der Waals surface area (Å²) in [5.74, 6) is -1.24. The van der Waals surface area contributed by atoms with E-state index in [-0.39, 0.29) is 12.4 Å². The molecule has 0 aromatic heterocycles. The molecule has 7 heteroatoms. The van der Waals surface area contributed by atoms with Crippen molar-refractivity contribution in [3.05, 3.63) is 0 Å². The van der Waals surface area contributed by atoms with Gasteiger partial charge in [0.1, 0.15) is 6.04 Å². The van der Waals surface area contributed by atoms with E-state index in [1.54, 1.807) is 0 Å². The van der Waals surface area contributed by atoms with Gasteiger partial charge in [-0.05, 0) is 25.7 Å². The molecule has 2 atom stereocenters. The van der Waals surface area contributed by atoms with Crippen LogP contribution in [0, 0.1) is 5.92 Å². The topological polar surface area (TPSA) is 55.1 Å². The van der Waals surface area contributed by atoms with Gasteiger partial charge in [0.05, 0.1) is 6.04 Å². The zero-order chi connectivity index (χ0) is 12.3. The van der Waals surface area contributed by atoms with Crippen LogP contribution in [0.5, 0.6) is 0 Å². The first-order chi connectivity index (χ1) is 7.32. The maximum atomic E-state index is 12.7. The summed E-state index contributed by atoms with van der Waals surface area (Å²) in [5.41, 5.74) is 5.25. The molecule has 0 saturated heterocycles. The highest BCUT2D eigenvalue weighted by molar-refractivity contribution is 5.85. The van der Waals surface area contributed by atoms with Gasteiger partial charge in [0.25, 0.3) is 0 Å². The largest absolute Gasteiger partial charge is 0.408 e. The first-order valence-electron chi connectivity index (χ1n) is 5.45. The van der Waals surface area contributed by atoms with Crippen molar-refractivity contribution >= 4 is 18.3 Å². The first-order valence-corrected chi connectivity index (χ1v) is 5.45. The quantitative estimate of drug-likeness (QED) is 0.827. The first kappa shape index (κ1) is 16.5. The Balaban J connectivity index is 0.00000256. The van der Waals surface area contributed by atoms with Crippen molar-refractivity contribution in [3.8, 4) is 0 Å². The van der Waals surface area contributed by atoms with Gasteiger partial charge in [-0.1, -0.05) is 12.8 Å². The second-order valence-electron chi connectivity index (χ2n) is 4.36. The number of alkyl halides is 3. The van der Waals surface area contributed by atoms with Gasteiger partial charge in [-0.2, -0.15) is 13.2 Å². The van der Waals surface area contributed by atoms with Crippen LogP contribution in [0.15, 0.2) is 0 Å². The molecule has 1 aliphatic carbocycles. The summed E-state index contributed by atoms with van der Waals surface area (Å²) in [7, 11) is 0. The fourth-order valence-corrected chi connectivity index (χ4v) is 2.04. The van der Waals surface area contributed by atoms with Crippen molar-refractivity contribution in [1.82, 2.24) is 5.32 Å². The molecule has 0 aromatic rings. The molecule has 0 heterocycles. The van der Waals surface area contributed by atoms with Crippen LogP contribution in [-0.2, 0) is 4.79 Å². The summed E-state index contributed by atoms with van der Waals surface area (Å²) in [4.78, 5) is 11.2. The molecular weight excluding hydrogens is 257 g/mol. The highest BCUT2D eigenvalue weighted by Gasteiger charge is 2.46. The Morgan fingerprint density at radius 1 is 1.35 bits per heavy atom. The smallest absolute Gasteiger partial charge is 0.343 e. The van der Waals surface area contributed by atoms with Crippen LogP contribution in [-0.4, -0.2) is 24.2 Å². The van der Waals surface area contributed by atoms with E-state index in [2.05, 4.69) is 0 Å². The molecule has 1 rings (SSSR count). The van der Waals surface area contributed by atoms with Crippen LogP contribution in [0.3, 0.4) is 0 Å². The van der Waals surface area contributed by atoms with Gasteiger partial charge < -0.3 is 11.1 Å². The minimum absolute atomic E-state index is 0. The monoisotopic (exact) mass is 274 g/mol. The summed E-state index contributed by atoms with van der Waals surface area (Å²) in [6.45, 7) is 1.37. The molecule has 1 amide bonds. The Kier molecular flexibility index (Phi) is 6.26. The molecule has 1 saturated carbocycles. The minimum atomic E-state index is -4.39. The molecule has 1 fully saturated rings. The Labute approximate surface area is 105 Å². The third-order valence-electron chi connectivity index (χ3n) is 2.94. The van der Waals surface area contributed by atoms with Crippen LogP contribution in [0.4, 0.5) is 13.2 Å². The lowest BCUT2D eigenvalue weighted by Gasteiger charge is -2.27. The number of carbonyl (C=O) groups excluding carboxylic acids is 1. The molecule has 3 N–H and O–H groups in total. The Morgan fingerprint density at radius 2 is 1.82 bits per heavy atom. The van der Waals surface area contributed by atoms with Gasteiger partial charge in [0, 0.05) is 0 Å².